The van der Waals surface area contributed by atoms with Crippen LogP contribution in [0.4, 0.5) is 5.69 Å². The first-order valence-corrected chi connectivity index (χ1v) is 8.68. The average Bonchev–Trinajstić information content (AvgIpc) is 2.36. The predicted molar refractivity (Wildman–Crippen MR) is 92.2 cm³/mol. The number of hydrogen-bond acceptors (Lipinski definition) is 3. The Kier molecular flexibility index (Phi) is 5.27. The minimum absolute atomic E-state index is 0.127. The van der Waals surface area contributed by atoms with Crippen molar-refractivity contribution >= 4 is 29.1 Å². The number of halogens is 1. The molecule has 0 aliphatic carbocycles. The second-order valence-corrected chi connectivity index (χ2v) is 8.49. The van der Waals surface area contributed by atoms with Crippen molar-refractivity contribution in [2.24, 2.45) is 0 Å². The second-order valence-electron chi connectivity index (χ2n) is 6.50. The topological polar surface area (TPSA) is 15.3 Å². The van der Waals surface area contributed by atoms with E-state index in [2.05, 4.69) is 61.8 Å². The molecule has 1 heterocycles. The van der Waals surface area contributed by atoms with Crippen LogP contribution in [0.25, 0.3) is 0 Å². The SMILES string of the molecule is CC1CN(c2cc(Cl)ccc2CNC(C)(C)C)CCS1. The first kappa shape index (κ1) is 16.0. The molecule has 20 heavy (non-hydrogen) atoms. The highest BCUT2D eigenvalue weighted by Gasteiger charge is 2.20. The van der Waals surface area contributed by atoms with Crippen LogP contribution in [0, 0.1) is 0 Å². The standard InChI is InChI=1S/C16H25ClN2S/c1-12-11-19(7-8-20-12)15-9-14(17)6-5-13(15)10-18-16(2,3)4/h5-6,9,12,18H,7-8,10-11H2,1-4H3. The summed E-state index contributed by atoms with van der Waals surface area (Å²) in [7, 11) is 0. The highest BCUT2D eigenvalue weighted by molar-refractivity contribution is 8.00. The van der Waals surface area contributed by atoms with Crippen molar-refractivity contribution < 1.29 is 0 Å². The molecule has 1 aromatic carbocycles. The maximum absolute atomic E-state index is 6.21. The molecule has 1 atom stereocenters. The van der Waals surface area contributed by atoms with Gasteiger partial charge in [0.1, 0.15) is 0 Å². The molecule has 0 saturated carbocycles. The molecule has 1 aromatic rings. The van der Waals surface area contributed by atoms with Gasteiger partial charge in [-0.2, -0.15) is 11.8 Å². The molecule has 1 aliphatic heterocycles. The summed E-state index contributed by atoms with van der Waals surface area (Å²) < 4.78 is 0. The molecule has 1 fully saturated rings. The summed E-state index contributed by atoms with van der Waals surface area (Å²) in [5.74, 6) is 1.19. The Hall–Kier alpha value is -0.380. The fourth-order valence-corrected chi connectivity index (χ4v) is 3.56. The fourth-order valence-electron chi connectivity index (χ4n) is 2.38. The Morgan fingerprint density at radius 2 is 2.15 bits per heavy atom. The van der Waals surface area contributed by atoms with Gasteiger partial charge in [0.05, 0.1) is 0 Å². The zero-order valence-corrected chi connectivity index (χ0v) is 14.4. The number of hydrogen-bond donors (Lipinski definition) is 1. The summed E-state index contributed by atoms with van der Waals surface area (Å²) in [5, 5.41) is 5.08. The van der Waals surface area contributed by atoms with Crippen LogP contribution in [0.5, 0.6) is 0 Å². The molecular weight excluding hydrogens is 288 g/mol. The summed E-state index contributed by atoms with van der Waals surface area (Å²) in [6.07, 6.45) is 0. The Bertz CT molecular complexity index is 456. The molecule has 2 rings (SSSR count). The van der Waals surface area contributed by atoms with Gasteiger partial charge in [-0.15, -0.1) is 0 Å². The quantitative estimate of drug-likeness (QED) is 0.902. The monoisotopic (exact) mass is 312 g/mol. The van der Waals surface area contributed by atoms with Crippen molar-refractivity contribution in [3.8, 4) is 0 Å². The van der Waals surface area contributed by atoms with E-state index in [1.807, 2.05) is 6.07 Å². The number of benzene rings is 1. The summed E-state index contributed by atoms with van der Waals surface area (Å²) >= 11 is 8.26. The molecule has 0 radical (unpaired) electrons. The number of thioether (sulfide) groups is 1. The van der Waals surface area contributed by atoms with E-state index in [1.54, 1.807) is 0 Å². The molecule has 4 heteroatoms. The molecule has 0 amide bonds. The van der Waals surface area contributed by atoms with Crippen molar-refractivity contribution in [1.82, 2.24) is 5.32 Å². The summed E-state index contributed by atoms with van der Waals surface area (Å²) in [5.41, 5.74) is 2.76. The van der Waals surface area contributed by atoms with Crippen molar-refractivity contribution in [2.45, 2.75) is 45.0 Å². The van der Waals surface area contributed by atoms with E-state index in [-0.39, 0.29) is 5.54 Å². The lowest BCUT2D eigenvalue weighted by Crippen LogP contribution is -2.39. The van der Waals surface area contributed by atoms with Gasteiger partial charge in [0.25, 0.3) is 0 Å². The van der Waals surface area contributed by atoms with Gasteiger partial charge in [0.15, 0.2) is 0 Å². The predicted octanol–water partition coefficient (Wildman–Crippen LogP) is 4.17. The molecule has 1 saturated heterocycles. The second kappa shape index (κ2) is 6.59. The number of nitrogens with one attached hydrogen (secondary N) is 1. The summed E-state index contributed by atoms with van der Waals surface area (Å²) in [6, 6.07) is 6.26. The van der Waals surface area contributed by atoms with Crippen LogP contribution in [-0.4, -0.2) is 29.6 Å². The van der Waals surface area contributed by atoms with E-state index in [1.165, 1.54) is 17.0 Å². The van der Waals surface area contributed by atoms with Crippen LogP contribution < -0.4 is 10.2 Å². The van der Waals surface area contributed by atoms with E-state index in [4.69, 9.17) is 11.6 Å². The van der Waals surface area contributed by atoms with Crippen molar-refractivity contribution in [3.05, 3.63) is 28.8 Å². The first-order chi connectivity index (χ1) is 9.35. The zero-order chi connectivity index (χ0) is 14.8. The Morgan fingerprint density at radius 1 is 1.40 bits per heavy atom. The summed E-state index contributed by atoms with van der Waals surface area (Å²) in [4.78, 5) is 2.48. The molecule has 0 spiro atoms. The van der Waals surface area contributed by atoms with E-state index >= 15 is 0 Å². The molecule has 1 unspecified atom stereocenters. The normalized spacial score (nSPS) is 20.2. The van der Waals surface area contributed by atoms with E-state index in [0.29, 0.717) is 5.25 Å². The Labute approximate surface area is 132 Å². The summed E-state index contributed by atoms with van der Waals surface area (Å²) in [6.45, 7) is 12.0. The third kappa shape index (κ3) is 4.57. The lowest BCUT2D eigenvalue weighted by molar-refractivity contribution is 0.424. The fraction of sp³-hybridized carbons (Fsp3) is 0.625. The number of rotatable bonds is 3. The highest BCUT2D eigenvalue weighted by atomic mass is 35.5. The van der Waals surface area contributed by atoms with Gasteiger partial charge in [-0.05, 0) is 38.5 Å². The molecular formula is C16H25ClN2S. The smallest absolute Gasteiger partial charge is 0.0427 e. The Morgan fingerprint density at radius 3 is 2.80 bits per heavy atom. The highest BCUT2D eigenvalue weighted by Crippen LogP contribution is 2.29. The van der Waals surface area contributed by atoms with Gasteiger partial charge >= 0.3 is 0 Å². The minimum atomic E-state index is 0.127. The van der Waals surface area contributed by atoms with E-state index in [9.17, 15) is 0 Å². The molecule has 112 valence electrons. The van der Waals surface area contributed by atoms with Crippen LogP contribution in [0.1, 0.15) is 33.3 Å². The van der Waals surface area contributed by atoms with E-state index < -0.39 is 0 Å². The van der Waals surface area contributed by atoms with Crippen LogP contribution in [0.2, 0.25) is 5.02 Å². The first-order valence-electron chi connectivity index (χ1n) is 7.25. The third-order valence-corrected chi connectivity index (χ3v) is 4.81. The average molecular weight is 313 g/mol. The molecule has 0 aromatic heterocycles. The molecule has 1 N–H and O–H groups in total. The molecule has 1 aliphatic rings. The van der Waals surface area contributed by atoms with Crippen LogP contribution in [0.15, 0.2) is 18.2 Å². The van der Waals surface area contributed by atoms with Gasteiger partial charge in [-0.25, -0.2) is 0 Å². The molecule has 2 nitrogen and oxygen atoms in total. The van der Waals surface area contributed by atoms with Crippen LogP contribution >= 0.6 is 23.4 Å². The van der Waals surface area contributed by atoms with Gasteiger partial charge in [-0.1, -0.05) is 24.6 Å². The number of anilines is 1. The lowest BCUT2D eigenvalue weighted by Gasteiger charge is -2.34. The zero-order valence-electron chi connectivity index (χ0n) is 12.9. The van der Waals surface area contributed by atoms with Crippen molar-refractivity contribution in [2.75, 3.05) is 23.7 Å². The van der Waals surface area contributed by atoms with Crippen molar-refractivity contribution in [1.29, 1.82) is 0 Å². The van der Waals surface area contributed by atoms with Gasteiger partial charge in [0.2, 0.25) is 0 Å². The maximum Gasteiger partial charge on any atom is 0.0427 e. The van der Waals surface area contributed by atoms with Crippen molar-refractivity contribution in [3.63, 3.8) is 0 Å². The van der Waals surface area contributed by atoms with Gasteiger partial charge in [-0.3, -0.25) is 0 Å². The maximum atomic E-state index is 6.21. The molecule has 0 bridgehead atoms. The van der Waals surface area contributed by atoms with Crippen LogP contribution in [0.3, 0.4) is 0 Å². The van der Waals surface area contributed by atoms with Gasteiger partial charge < -0.3 is 10.2 Å². The largest absolute Gasteiger partial charge is 0.369 e. The third-order valence-electron chi connectivity index (χ3n) is 3.44. The van der Waals surface area contributed by atoms with E-state index in [0.717, 1.165) is 24.7 Å². The minimum Gasteiger partial charge on any atom is -0.369 e. The Balaban J connectivity index is 2.19. The van der Waals surface area contributed by atoms with Crippen LogP contribution in [-0.2, 0) is 6.54 Å². The number of nitrogens with zero attached hydrogens (tertiary/aromatic N) is 1. The van der Waals surface area contributed by atoms with Gasteiger partial charge in [0, 0.05) is 46.9 Å². The lowest BCUT2D eigenvalue weighted by atomic mass is 10.1.